The SMILES string of the molecule is CCCC1CCC(NC(=O)[C@@H](N)C(C)CC)CC1. The van der Waals surface area contributed by atoms with Crippen LogP contribution in [0.5, 0.6) is 0 Å². The molecule has 0 spiro atoms. The summed E-state index contributed by atoms with van der Waals surface area (Å²) in [5.74, 6) is 1.19. The summed E-state index contributed by atoms with van der Waals surface area (Å²) < 4.78 is 0. The van der Waals surface area contributed by atoms with E-state index in [2.05, 4.69) is 19.2 Å². The van der Waals surface area contributed by atoms with Gasteiger partial charge in [0.25, 0.3) is 0 Å². The van der Waals surface area contributed by atoms with Crippen LogP contribution in [0.3, 0.4) is 0 Å². The van der Waals surface area contributed by atoms with E-state index in [0.29, 0.717) is 6.04 Å². The molecular weight excluding hydrogens is 224 g/mol. The fourth-order valence-corrected chi connectivity index (χ4v) is 2.81. The lowest BCUT2D eigenvalue weighted by Gasteiger charge is -2.30. The van der Waals surface area contributed by atoms with Gasteiger partial charge in [-0.2, -0.15) is 0 Å². The van der Waals surface area contributed by atoms with Crippen molar-refractivity contribution in [2.45, 2.75) is 77.8 Å². The standard InChI is InChI=1S/C15H30N2O/c1-4-6-12-7-9-13(10-8-12)17-15(18)14(16)11(3)5-2/h11-14H,4-10,16H2,1-3H3,(H,17,18)/t11?,12?,13?,14-/m0/s1. The molecule has 0 bridgehead atoms. The highest BCUT2D eigenvalue weighted by Gasteiger charge is 2.25. The van der Waals surface area contributed by atoms with Crippen molar-refractivity contribution in [1.29, 1.82) is 0 Å². The monoisotopic (exact) mass is 254 g/mol. The van der Waals surface area contributed by atoms with Crippen molar-refractivity contribution in [2.75, 3.05) is 0 Å². The second-order valence-corrected chi connectivity index (χ2v) is 5.93. The molecule has 1 aliphatic rings. The Morgan fingerprint density at radius 3 is 2.39 bits per heavy atom. The van der Waals surface area contributed by atoms with E-state index in [1.165, 1.54) is 25.7 Å². The van der Waals surface area contributed by atoms with Crippen molar-refractivity contribution in [3.8, 4) is 0 Å². The van der Waals surface area contributed by atoms with E-state index in [-0.39, 0.29) is 17.9 Å². The van der Waals surface area contributed by atoms with E-state index >= 15 is 0 Å². The quantitative estimate of drug-likeness (QED) is 0.766. The van der Waals surface area contributed by atoms with Crippen molar-refractivity contribution < 1.29 is 4.79 Å². The van der Waals surface area contributed by atoms with Crippen molar-refractivity contribution in [3.63, 3.8) is 0 Å². The van der Waals surface area contributed by atoms with Gasteiger partial charge in [0, 0.05) is 6.04 Å². The van der Waals surface area contributed by atoms with Crippen LogP contribution >= 0.6 is 0 Å². The molecule has 3 N–H and O–H groups in total. The van der Waals surface area contributed by atoms with Crippen molar-refractivity contribution in [3.05, 3.63) is 0 Å². The zero-order chi connectivity index (χ0) is 13.5. The Morgan fingerprint density at radius 1 is 1.28 bits per heavy atom. The van der Waals surface area contributed by atoms with Gasteiger partial charge in [-0.25, -0.2) is 0 Å². The van der Waals surface area contributed by atoms with Crippen LogP contribution in [0.2, 0.25) is 0 Å². The Labute approximate surface area is 112 Å². The molecule has 0 saturated heterocycles. The molecule has 1 unspecified atom stereocenters. The van der Waals surface area contributed by atoms with Gasteiger partial charge >= 0.3 is 0 Å². The van der Waals surface area contributed by atoms with Gasteiger partial charge in [-0.3, -0.25) is 4.79 Å². The highest BCUT2D eigenvalue weighted by Crippen LogP contribution is 2.27. The van der Waals surface area contributed by atoms with Gasteiger partial charge in [0.05, 0.1) is 6.04 Å². The highest BCUT2D eigenvalue weighted by molar-refractivity contribution is 5.82. The van der Waals surface area contributed by atoms with E-state index in [4.69, 9.17) is 5.73 Å². The number of carbonyl (C=O) groups is 1. The first kappa shape index (κ1) is 15.5. The average Bonchev–Trinajstić information content (AvgIpc) is 2.39. The maximum atomic E-state index is 12.0. The lowest BCUT2D eigenvalue weighted by atomic mass is 9.83. The molecule has 0 aromatic rings. The maximum absolute atomic E-state index is 12.0. The number of hydrogen-bond acceptors (Lipinski definition) is 2. The number of nitrogens with two attached hydrogens (primary N) is 1. The normalized spacial score (nSPS) is 27.6. The smallest absolute Gasteiger partial charge is 0.237 e. The molecule has 1 saturated carbocycles. The molecule has 0 aromatic heterocycles. The van der Waals surface area contributed by atoms with Gasteiger partial charge in [-0.05, 0) is 37.5 Å². The molecule has 0 radical (unpaired) electrons. The third-order valence-electron chi connectivity index (χ3n) is 4.45. The fraction of sp³-hybridized carbons (Fsp3) is 0.933. The molecule has 1 amide bonds. The lowest BCUT2D eigenvalue weighted by molar-refractivity contribution is -0.124. The first-order valence-corrected chi connectivity index (χ1v) is 7.64. The minimum Gasteiger partial charge on any atom is -0.352 e. The minimum absolute atomic E-state index is 0.0447. The van der Waals surface area contributed by atoms with Gasteiger partial charge in [-0.15, -0.1) is 0 Å². The number of hydrogen-bond donors (Lipinski definition) is 2. The van der Waals surface area contributed by atoms with Crippen molar-refractivity contribution >= 4 is 5.91 Å². The third-order valence-corrected chi connectivity index (χ3v) is 4.45. The zero-order valence-corrected chi connectivity index (χ0v) is 12.2. The minimum atomic E-state index is -0.344. The predicted octanol–water partition coefficient (Wildman–Crippen LogP) is 2.83. The predicted molar refractivity (Wildman–Crippen MR) is 76.2 cm³/mol. The number of carbonyl (C=O) groups excluding carboxylic acids is 1. The number of nitrogens with one attached hydrogen (secondary N) is 1. The Balaban J connectivity index is 2.30. The number of rotatable bonds is 6. The summed E-state index contributed by atoms with van der Waals surface area (Å²) in [5.41, 5.74) is 5.95. The topological polar surface area (TPSA) is 55.1 Å². The summed E-state index contributed by atoms with van der Waals surface area (Å²) in [6.45, 7) is 6.37. The van der Waals surface area contributed by atoms with Gasteiger partial charge in [-0.1, -0.05) is 40.0 Å². The molecule has 0 aliphatic heterocycles. The second kappa shape index (κ2) is 7.78. The molecule has 1 fully saturated rings. The van der Waals surface area contributed by atoms with Gasteiger partial charge in [0.1, 0.15) is 0 Å². The van der Waals surface area contributed by atoms with Crippen LogP contribution in [0.25, 0.3) is 0 Å². The zero-order valence-electron chi connectivity index (χ0n) is 12.2. The summed E-state index contributed by atoms with van der Waals surface area (Å²) in [5, 5.41) is 3.13. The third kappa shape index (κ3) is 4.60. The Hall–Kier alpha value is -0.570. The largest absolute Gasteiger partial charge is 0.352 e. The summed E-state index contributed by atoms with van der Waals surface area (Å²) in [6, 6.07) is 0.0177. The molecule has 3 nitrogen and oxygen atoms in total. The molecule has 2 atom stereocenters. The van der Waals surface area contributed by atoms with Crippen LogP contribution in [0.4, 0.5) is 0 Å². The van der Waals surface area contributed by atoms with E-state index in [9.17, 15) is 4.79 Å². The van der Waals surface area contributed by atoms with Crippen molar-refractivity contribution in [1.82, 2.24) is 5.32 Å². The molecule has 3 heteroatoms. The summed E-state index contributed by atoms with van der Waals surface area (Å²) >= 11 is 0. The van der Waals surface area contributed by atoms with Crippen LogP contribution in [0.1, 0.15) is 65.7 Å². The molecule has 1 aliphatic carbocycles. The van der Waals surface area contributed by atoms with Crippen LogP contribution in [0, 0.1) is 11.8 Å². The summed E-state index contributed by atoms with van der Waals surface area (Å²) in [7, 11) is 0. The molecule has 0 heterocycles. The Morgan fingerprint density at radius 2 is 1.89 bits per heavy atom. The van der Waals surface area contributed by atoms with Gasteiger partial charge in [0.2, 0.25) is 5.91 Å². The van der Waals surface area contributed by atoms with Crippen molar-refractivity contribution in [2.24, 2.45) is 17.6 Å². The van der Waals surface area contributed by atoms with E-state index in [0.717, 1.165) is 25.2 Å². The van der Waals surface area contributed by atoms with Crippen LogP contribution in [-0.2, 0) is 4.79 Å². The molecule has 0 aromatic carbocycles. The molecule has 1 rings (SSSR count). The van der Waals surface area contributed by atoms with Crippen LogP contribution < -0.4 is 11.1 Å². The van der Waals surface area contributed by atoms with Gasteiger partial charge in [0.15, 0.2) is 0 Å². The first-order valence-electron chi connectivity index (χ1n) is 7.64. The number of amides is 1. The second-order valence-electron chi connectivity index (χ2n) is 5.93. The Kier molecular flexibility index (Phi) is 6.69. The fourth-order valence-electron chi connectivity index (χ4n) is 2.81. The maximum Gasteiger partial charge on any atom is 0.237 e. The van der Waals surface area contributed by atoms with Crippen LogP contribution in [-0.4, -0.2) is 18.0 Å². The summed E-state index contributed by atoms with van der Waals surface area (Å²) in [6.07, 6.45) is 8.35. The van der Waals surface area contributed by atoms with E-state index < -0.39 is 0 Å². The van der Waals surface area contributed by atoms with E-state index in [1.54, 1.807) is 0 Å². The van der Waals surface area contributed by atoms with E-state index in [1.807, 2.05) is 6.92 Å². The lowest BCUT2D eigenvalue weighted by Crippen LogP contribution is -2.49. The Bertz CT molecular complexity index is 247. The molecule has 18 heavy (non-hydrogen) atoms. The summed E-state index contributed by atoms with van der Waals surface area (Å²) in [4.78, 5) is 12.0. The van der Waals surface area contributed by atoms with Crippen LogP contribution in [0.15, 0.2) is 0 Å². The molecule has 106 valence electrons. The highest BCUT2D eigenvalue weighted by atomic mass is 16.2. The van der Waals surface area contributed by atoms with Gasteiger partial charge < -0.3 is 11.1 Å². The first-order chi connectivity index (χ1) is 8.58. The average molecular weight is 254 g/mol. The molecular formula is C15H30N2O.